The topological polar surface area (TPSA) is 134 Å². The summed E-state index contributed by atoms with van der Waals surface area (Å²) in [7, 11) is 0. The van der Waals surface area contributed by atoms with Gasteiger partial charge in [-0.25, -0.2) is 4.79 Å². The van der Waals surface area contributed by atoms with Crippen LogP contribution < -0.4 is 16.0 Å². The van der Waals surface area contributed by atoms with Gasteiger partial charge in [-0.1, -0.05) is 60.7 Å². The van der Waals surface area contributed by atoms with Crippen LogP contribution in [0.5, 0.6) is 0 Å². The van der Waals surface area contributed by atoms with Gasteiger partial charge in [0.25, 0.3) is 0 Å². The van der Waals surface area contributed by atoms with Gasteiger partial charge >= 0.3 is 12.1 Å². The van der Waals surface area contributed by atoms with E-state index in [0.29, 0.717) is 0 Å². The van der Waals surface area contributed by atoms with Crippen molar-refractivity contribution in [3.8, 4) is 0 Å². The van der Waals surface area contributed by atoms with Gasteiger partial charge < -0.3 is 25.8 Å². The molecule has 188 valence electrons. The van der Waals surface area contributed by atoms with E-state index in [9.17, 15) is 19.2 Å². The van der Waals surface area contributed by atoms with Crippen LogP contribution in [0, 0.1) is 0 Å². The molecule has 2 rings (SSSR count). The van der Waals surface area contributed by atoms with Gasteiger partial charge in [-0.2, -0.15) is 0 Å². The van der Waals surface area contributed by atoms with Gasteiger partial charge in [0.15, 0.2) is 0 Å². The molecular formula is C25H31N3O6S. The molecule has 4 N–H and O–H groups in total. The quantitative estimate of drug-likeness (QED) is 0.372. The summed E-state index contributed by atoms with van der Waals surface area (Å²) in [5.41, 5.74) is 1.32. The molecule has 0 aliphatic carbocycles. The molecule has 0 aliphatic heterocycles. The molecule has 0 aliphatic rings. The molecule has 0 bridgehead atoms. The first-order valence-electron chi connectivity index (χ1n) is 11.0. The lowest BCUT2D eigenvalue weighted by molar-refractivity contribution is -0.138. The van der Waals surface area contributed by atoms with E-state index >= 15 is 0 Å². The lowest BCUT2D eigenvalue weighted by Crippen LogP contribution is -2.51. The average molecular weight is 502 g/mol. The molecule has 35 heavy (non-hydrogen) atoms. The van der Waals surface area contributed by atoms with Crippen molar-refractivity contribution in [3.05, 3.63) is 71.8 Å². The number of benzene rings is 2. The van der Waals surface area contributed by atoms with Gasteiger partial charge in [-0.15, -0.1) is 11.8 Å². The Labute approximate surface area is 209 Å². The van der Waals surface area contributed by atoms with Gasteiger partial charge in [-0.05, 0) is 31.9 Å². The maximum Gasteiger partial charge on any atom is 0.408 e. The van der Waals surface area contributed by atoms with Crippen molar-refractivity contribution in [2.45, 2.75) is 37.7 Å². The molecular weight excluding hydrogens is 470 g/mol. The van der Waals surface area contributed by atoms with Crippen molar-refractivity contribution >= 4 is 35.6 Å². The largest absolute Gasteiger partial charge is 0.480 e. The Bertz CT molecular complexity index is 956. The second kappa shape index (κ2) is 13.4. The Hall–Kier alpha value is -3.53. The van der Waals surface area contributed by atoms with Gasteiger partial charge in [0, 0.05) is 5.75 Å². The number of carbonyl (C=O) groups excluding carboxylic acids is 3. The van der Waals surface area contributed by atoms with E-state index in [1.54, 1.807) is 20.8 Å². The van der Waals surface area contributed by atoms with Crippen molar-refractivity contribution in [1.82, 2.24) is 16.0 Å². The number of carboxylic acids is 1. The molecule has 9 nitrogen and oxygen atoms in total. The highest BCUT2D eigenvalue weighted by atomic mass is 32.2. The fraction of sp³-hybridized carbons (Fsp3) is 0.360. The van der Waals surface area contributed by atoms with Crippen LogP contribution in [-0.2, 0) is 19.1 Å². The molecule has 0 fully saturated rings. The van der Waals surface area contributed by atoms with Gasteiger partial charge in [0.1, 0.15) is 24.7 Å². The highest BCUT2D eigenvalue weighted by molar-refractivity contribution is 7.99. The van der Waals surface area contributed by atoms with Crippen LogP contribution in [0.25, 0.3) is 0 Å². The number of ether oxygens (including phenoxy) is 1. The second-order valence-corrected chi connectivity index (χ2v) is 9.76. The van der Waals surface area contributed by atoms with Crippen LogP contribution in [0.1, 0.15) is 37.1 Å². The number of carbonyl (C=O) groups is 4. The molecule has 2 aromatic rings. The number of rotatable bonds is 11. The Morgan fingerprint density at radius 3 is 1.91 bits per heavy atom. The summed E-state index contributed by atoms with van der Waals surface area (Å²) in [4.78, 5) is 47.9. The summed E-state index contributed by atoms with van der Waals surface area (Å²) in [5.74, 6) is -2.28. The fourth-order valence-corrected chi connectivity index (χ4v) is 4.33. The molecule has 0 heterocycles. The zero-order chi connectivity index (χ0) is 25.8. The molecule has 0 radical (unpaired) electrons. The molecule has 0 saturated carbocycles. The summed E-state index contributed by atoms with van der Waals surface area (Å²) in [6.45, 7) is 4.11. The number of alkyl carbamates (subject to hydrolysis) is 1. The smallest absolute Gasteiger partial charge is 0.408 e. The van der Waals surface area contributed by atoms with E-state index in [2.05, 4.69) is 16.0 Å². The van der Waals surface area contributed by atoms with E-state index in [4.69, 9.17) is 9.84 Å². The van der Waals surface area contributed by atoms with Crippen molar-refractivity contribution in [3.63, 3.8) is 0 Å². The highest BCUT2D eigenvalue weighted by Crippen LogP contribution is 2.35. The van der Waals surface area contributed by atoms with Gasteiger partial charge in [0.2, 0.25) is 11.8 Å². The third kappa shape index (κ3) is 10.5. The lowest BCUT2D eigenvalue weighted by atomic mass is 10.0. The average Bonchev–Trinajstić information content (AvgIpc) is 2.81. The molecule has 0 unspecified atom stereocenters. The number of aliphatic carboxylic acids is 1. The van der Waals surface area contributed by atoms with E-state index in [1.165, 1.54) is 11.8 Å². The number of carboxylic acid groups (broad SMARTS) is 1. The van der Waals surface area contributed by atoms with Crippen LogP contribution in [-0.4, -0.2) is 59.5 Å². The Morgan fingerprint density at radius 2 is 1.43 bits per heavy atom. The number of amides is 3. The Balaban J connectivity index is 2.11. The predicted molar refractivity (Wildman–Crippen MR) is 134 cm³/mol. The van der Waals surface area contributed by atoms with Crippen molar-refractivity contribution in [2.75, 3.05) is 18.8 Å². The first-order chi connectivity index (χ1) is 16.5. The molecule has 1 atom stereocenters. The second-order valence-electron chi connectivity index (χ2n) is 8.62. The third-order valence-corrected chi connectivity index (χ3v) is 5.90. The molecule has 2 aromatic carbocycles. The first kappa shape index (κ1) is 27.7. The maximum atomic E-state index is 12.7. The minimum atomic E-state index is -1.20. The zero-order valence-electron chi connectivity index (χ0n) is 19.9. The standard InChI is InChI=1S/C25H31N3O6S/c1-25(2,3)34-24(33)27-14-20(29)28-19(23(32)26-15-21(30)31)16-35-22(17-10-6-4-7-11-17)18-12-8-5-9-13-18/h4-13,19,22H,14-16H2,1-3H3,(H,26,32)(H,27,33)(H,28,29)(H,30,31)/t19-/m0/s1. The minimum absolute atomic E-state index is 0.121. The monoisotopic (exact) mass is 501 g/mol. The van der Waals surface area contributed by atoms with E-state index in [0.717, 1.165) is 11.1 Å². The number of hydrogen-bond acceptors (Lipinski definition) is 6. The van der Waals surface area contributed by atoms with Gasteiger partial charge in [-0.3, -0.25) is 14.4 Å². The van der Waals surface area contributed by atoms with Gasteiger partial charge in [0.05, 0.1) is 5.25 Å². The highest BCUT2D eigenvalue weighted by Gasteiger charge is 2.25. The predicted octanol–water partition coefficient (Wildman–Crippen LogP) is 2.72. The summed E-state index contributed by atoms with van der Waals surface area (Å²) >= 11 is 1.44. The van der Waals surface area contributed by atoms with E-state index in [1.807, 2.05) is 60.7 Å². The summed E-state index contributed by atoms with van der Waals surface area (Å²) in [5, 5.41) is 16.0. The fourth-order valence-electron chi connectivity index (χ4n) is 3.01. The van der Waals surface area contributed by atoms with Crippen LogP contribution in [0.4, 0.5) is 4.79 Å². The molecule has 0 spiro atoms. The number of thioether (sulfide) groups is 1. The third-order valence-electron chi connectivity index (χ3n) is 4.49. The molecule has 0 aromatic heterocycles. The van der Waals surface area contributed by atoms with Crippen molar-refractivity contribution in [1.29, 1.82) is 0 Å². The Morgan fingerprint density at radius 1 is 0.886 bits per heavy atom. The normalized spacial score (nSPS) is 11.9. The zero-order valence-corrected chi connectivity index (χ0v) is 20.8. The van der Waals surface area contributed by atoms with Crippen LogP contribution in [0.2, 0.25) is 0 Å². The van der Waals surface area contributed by atoms with E-state index in [-0.39, 0.29) is 11.0 Å². The number of nitrogens with one attached hydrogen (secondary N) is 3. The van der Waals surface area contributed by atoms with E-state index < -0.39 is 48.6 Å². The molecule has 10 heteroatoms. The first-order valence-corrected chi connectivity index (χ1v) is 12.1. The van der Waals surface area contributed by atoms with Crippen molar-refractivity contribution < 1.29 is 29.0 Å². The minimum Gasteiger partial charge on any atom is -0.480 e. The SMILES string of the molecule is CC(C)(C)OC(=O)NCC(=O)N[C@@H](CSC(c1ccccc1)c1ccccc1)C(=O)NCC(=O)O. The van der Waals surface area contributed by atoms with Crippen LogP contribution in [0.3, 0.4) is 0 Å². The van der Waals surface area contributed by atoms with Crippen LogP contribution >= 0.6 is 11.8 Å². The summed E-state index contributed by atoms with van der Waals surface area (Å²) in [6.07, 6.45) is -0.762. The van der Waals surface area contributed by atoms with Crippen LogP contribution in [0.15, 0.2) is 60.7 Å². The molecule has 0 saturated heterocycles. The maximum absolute atomic E-state index is 12.7. The lowest BCUT2D eigenvalue weighted by Gasteiger charge is -2.23. The Kier molecular flexibility index (Phi) is 10.6. The summed E-state index contributed by atoms with van der Waals surface area (Å²) < 4.78 is 5.10. The number of hydrogen-bond donors (Lipinski definition) is 4. The van der Waals surface area contributed by atoms with Crippen molar-refractivity contribution in [2.24, 2.45) is 0 Å². The molecule has 3 amide bonds. The summed E-state index contributed by atoms with van der Waals surface area (Å²) in [6, 6.07) is 18.4.